The topological polar surface area (TPSA) is 142 Å². The van der Waals surface area contributed by atoms with Crippen LogP contribution < -0.4 is 15.8 Å². The zero-order chi connectivity index (χ0) is 25.8. The van der Waals surface area contributed by atoms with Crippen LogP contribution in [0.15, 0.2) is 54.6 Å². The van der Waals surface area contributed by atoms with Crippen LogP contribution in [-0.4, -0.2) is 33.5 Å². The molecule has 0 aliphatic rings. The summed E-state index contributed by atoms with van der Waals surface area (Å²) in [5.74, 6) is -2.05. The fourth-order valence-corrected chi connectivity index (χ4v) is 4.46. The molecule has 0 saturated heterocycles. The van der Waals surface area contributed by atoms with E-state index < -0.39 is 35.4 Å². The molecule has 1 atom stereocenters. The molecule has 0 aliphatic carbocycles. The molecule has 3 rings (SSSR count). The lowest BCUT2D eigenvalue weighted by Gasteiger charge is -2.28. The van der Waals surface area contributed by atoms with Crippen molar-refractivity contribution in [3.05, 3.63) is 81.3 Å². The summed E-state index contributed by atoms with van der Waals surface area (Å²) in [6, 6.07) is 12.0. The number of phenols is 1. The Hall–Kier alpha value is -3.31. The Kier molecular flexibility index (Phi) is 8.23. The third kappa shape index (κ3) is 6.64. The van der Waals surface area contributed by atoms with E-state index in [-0.39, 0.29) is 29.3 Å². The van der Waals surface area contributed by atoms with Crippen molar-refractivity contribution in [3.63, 3.8) is 0 Å². The number of hydrogen-bond donors (Lipinski definition) is 5. The van der Waals surface area contributed by atoms with Gasteiger partial charge in [-0.15, -0.1) is 11.3 Å². The van der Waals surface area contributed by atoms with Crippen molar-refractivity contribution in [2.45, 2.75) is 39.1 Å². The molecule has 1 unspecified atom stereocenters. The second kappa shape index (κ2) is 11.0. The molecule has 0 aliphatic heterocycles. The third-order valence-corrected chi connectivity index (χ3v) is 6.43. The van der Waals surface area contributed by atoms with Gasteiger partial charge >= 0.3 is 5.97 Å². The molecule has 0 bridgehead atoms. The number of phenolic OH excluding ortho intramolecular Hbond substituents is 1. The maximum absolute atomic E-state index is 14.1. The fraction of sp³-hybridized carbons (Fsp3) is 0.280. The molecule has 10 heteroatoms. The summed E-state index contributed by atoms with van der Waals surface area (Å²) >= 11 is 1.12. The first kappa shape index (κ1) is 26.3. The van der Waals surface area contributed by atoms with Gasteiger partial charge in [0.2, 0.25) is 5.91 Å². The number of aliphatic hydroxyl groups excluding tert-OH is 1. The number of nitrogens with one attached hydrogen (secondary N) is 1. The van der Waals surface area contributed by atoms with Gasteiger partial charge in [-0.25, -0.2) is 9.18 Å². The minimum atomic E-state index is -1.86. The first-order valence-corrected chi connectivity index (χ1v) is 11.6. The molecule has 2 aromatic carbocycles. The van der Waals surface area contributed by atoms with E-state index in [1.807, 2.05) is 0 Å². The summed E-state index contributed by atoms with van der Waals surface area (Å²) in [7, 11) is 0. The van der Waals surface area contributed by atoms with E-state index in [0.717, 1.165) is 11.3 Å². The number of esters is 1. The molecule has 0 saturated carbocycles. The van der Waals surface area contributed by atoms with Gasteiger partial charge in [-0.2, -0.15) is 0 Å². The second-order valence-electron chi connectivity index (χ2n) is 8.64. The average Bonchev–Trinajstić information content (AvgIpc) is 3.27. The van der Waals surface area contributed by atoms with Crippen molar-refractivity contribution in [1.82, 2.24) is 5.32 Å². The van der Waals surface area contributed by atoms with Gasteiger partial charge in [0.05, 0.1) is 0 Å². The van der Waals surface area contributed by atoms with Crippen molar-refractivity contribution in [2.75, 3.05) is 0 Å². The summed E-state index contributed by atoms with van der Waals surface area (Å²) < 4.78 is 19.3. The van der Waals surface area contributed by atoms with Crippen LogP contribution in [0.4, 0.5) is 4.39 Å². The quantitative estimate of drug-likeness (QED) is 0.172. The van der Waals surface area contributed by atoms with Gasteiger partial charge in [-0.3, -0.25) is 4.79 Å². The summed E-state index contributed by atoms with van der Waals surface area (Å²) in [6.07, 6.45) is -1.61. The lowest BCUT2D eigenvalue weighted by atomic mass is 9.87. The lowest BCUT2D eigenvalue weighted by Crippen LogP contribution is -2.43. The van der Waals surface area contributed by atoms with Crippen LogP contribution in [0.2, 0.25) is 0 Å². The number of amides is 1. The normalized spacial score (nSPS) is 12.4. The van der Waals surface area contributed by atoms with E-state index in [1.165, 1.54) is 36.4 Å². The SMILES string of the molecule is CC(C)(Cc1ccc(C(=O)Oc2ccc(CN)cc2F)s1)C(=O)NC(c1ccc(O)cc1)C(O)O. The van der Waals surface area contributed by atoms with Gasteiger partial charge in [-0.05, 0) is 53.9 Å². The molecular weight excluding hydrogens is 475 g/mol. The van der Waals surface area contributed by atoms with Crippen molar-refractivity contribution in [1.29, 1.82) is 0 Å². The number of hydrogen-bond acceptors (Lipinski definition) is 8. The van der Waals surface area contributed by atoms with Gasteiger partial charge in [-0.1, -0.05) is 32.0 Å². The number of carbonyl (C=O) groups is 2. The average molecular weight is 503 g/mol. The van der Waals surface area contributed by atoms with Crippen molar-refractivity contribution in [3.8, 4) is 11.5 Å². The highest BCUT2D eigenvalue weighted by Crippen LogP contribution is 2.30. The van der Waals surface area contributed by atoms with Crippen LogP contribution in [0.3, 0.4) is 0 Å². The second-order valence-corrected chi connectivity index (χ2v) is 9.81. The Morgan fingerprint density at radius 1 is 1.11 bits per heavy atom. The predicted octanol–water partition coefficient (Wildman–Crippen LogP) is 3.01. The molecule has 1 aromatic heterocycles. The van der Waals surface area contributed by atoms with E-state index in [2.05, 4.69) is 5.32 Å². The van der Waals surface area contributed by atoms with E-state index in [9.17, 15) is 29.3 Å². The minimum Gasteiger partial charge on any atom is -0.508 e. The fourth-order valence-electron chi connectivity index (χ4n) is 3.35. The van der Waals surface area contributed by atoms with Crippen LogP contribution in [0.25, 0.3) is 0 Å². The summed E-state index contributed by atoms with van der Waals surface area (Å²) in [5, 5.41) is 31.6. The third-order valence-electron chi connectivity index (χ3n) is 5.37. The number of aromatic hydroxyl groups is 1. The predicted molar refractivity (Wildman–Crippen MR) is 128 cm³/mol. The first-order valence-electron chi connectivity index (χ1n) is 10.8. The molecule has 6 N–H and O–H groups in total. The number of ether oxygens (including phenoxy) is 1. The first-order chi connectivity index (χ1) is 16.5. The number of halogens is 1. The molecule has 8 nitrogen and oxygen atoms in total. The van der Waals surface area contributed by atoms with Gasteiger partial charge in [0.15, 0.2) is 17.9 Å². The van der Waals surface area contributed by atoms with E-state index in [0.29, 0.717) is 16.0 Å². The standard InChI is InChI=1S/C25H27FN2O6S/c1-25(2,24(33)28-21(22(30)31)15-4-6-16(29)7-5-15)12-17-8-10-20(35-17)23(32)34-19-9-3-14(13-27)11-18(19)26/h3-11,21-22,29-31H,12-13,27H2,1-2H3,(H,28,33). The van der Waals surface area contributed by atoms with Crippen LogP contribution in [0.5, 0.6) is 11.5 Å². The number of thiophene rings is 1. The molecule has 1 amide bonds. The largest absolute Gasteiger partial charge is 0.508 e. The molecule has 0 spiro atoms. The summed E-state index contributed by atoms with van der Waals surface area (Å²) in [5.41, 5.74) is 5.49. The smallest absolute Gasteiger partial charge is 0.353 e. The van der Waals surface area contributed by atoms with Crippen molar-refractivity contribution in [2.24, 2.45) is 11.1 Å². The maximum Gasteiger partial charge on any atom is 0.353 e. The molecule has 0 radical (unpaired) electrons. The highest BCUT2D eigenvalue weighted by molar-refractivity contribution is 7.14. The minimum absolute atomic E-state index is 0.00826. The van der Waals surface area contributed by atoms with E-state index >= 15 is 0 Å². The number of carbonyl (C=O) groups excluding carboxylic acids is 2. The monoisotopic (exact) mass is 502 g/mol. The molecule has 3 aromatic rings. The Morgan fingerprint density at radius 3 is 2.40 bits per heavy atom. The highest BCUT2D eigenvalue weighted by Gasteiger charge is 2.32. The Bertz CT molecular complexity index is 1190. The summed E-state index contributed by atoms with van der Waals surface area (Å²) in [4.78, 5) is 26.4. The van der Waals surface area contributed by atoms with Crippen LogP contribution in [-0.2, 0) is 17.8 Å². The van der Waals surface area contributed by atoms with Gasteiger partial charge in [0.25, 0.3) is 0 Å². The zero-order valence-corrected chi connectivity index (χ0v) is 20.0. The molecule has 0 fully saturated rings. The Morgan fingerprint density at radius 2 is 1.80 bits per heavy atom. The van der Waals surface area contributed by atoms with E-state index in [1.54, 1.807) is 32.0 Å². The van der Waals surface area contributed by atoms with Gasteiger partial charge in [0.1, 0.15) is 16.7 Å². The summed E-state index contributed by atoms with van der Waals surface area (Å²) in [6.45, 7) is 3.54. The molecular formula is C25H27FN2O6S. The Labute approximate surface area is 205 Å². The Balaban J connectivity index is 1.67. The number of nitrogens with two attached hydrogens (primary N) is 1. The molecule has 35 heavy (non-hydrogen) atoms. The zero-order valence-electron chi connectivity index (χ0n) is 19.2. The molecule has 1 heterocycles. The van der Waals surface area contributed by atoms with Crippen LogP contribution in [0.1, 0.15) is 45.6 Å². The maximum atomic E-state index is 14.1. The van der Waals surface area contributed by atoms with Crippen LogP contribution >= 0.6 is 11.3 Å². The highest BCUT2D eigenvalue weighted by atomic mass is 32.1. The number of rotatable bonds is 9. The van der Waals surface area contributed by atoms with Crippen molar-refractivity contribution < 1.29 is 34.0 Å². The number of aliphatic hydroxyl groups is 2. The van der Waals surface area contributed by atoms with Gasteiger partial charge < -0.3 is 31.1 Å². The van der Waals surface area contributed by atoms with Crippen molar-refractivity contribution >= 4 is 23.2 Å². The van der Waals surface area contributed by atoms with E-state index in [4.69, 9.17) is 10.5 Å². The lowest BCUT2D eigenvalue weighted by molar-refractivity contribution is -0.135. The van der Waals surface area contributed by atoms with Gasteiger partial charge in [0, 0.05) is 16.8 Å². The van der Waals surface area contributed by atoms with Crippen LogP contribution in [0, 0.1) is 11.2 Å². The molecule has 186 valence electrons. The number of benzene rings is 2.